The number of aromatic nitrogens is 1. The van der Waals surface area contributed by atoms with Gasteiger partial charge >= 0.3 is 0 Å². The van der Waals surface area contributed by atoms with Crippen LogP contribution in [0.3, 0.4) is 0 Å². The van der Waals surface area contributed by atoms with Crippen molar-refractivity contribution in [3.63, 3.8) is 0 Å². The van der Waals surface area contributed by atoms with Gasteiger partial charge < -0.3 is 10.3 Å². The monoisotopic (exact) mass is 269 g/mol. The number of nitrogens with zero attached hydrogens (tertiary/aromatic N) is 1. The molecule has 0 atom stereocenters. The van der Waals surface area contributed by atoms with Crippen LogP contribution in [0.1, 0.15) is 44.1 Å². The first-order valence-corrected chi connectivity index (χ1v) is 7.65. The van der Waals surface area contributed by atoms with E-state index in [9.17, 15) is 5.21 Å². The first-order chi connectivity index (χ1) is 8.74. The molecule has 1 aromatic rings. The third-order valence-electron chi connectivity index (χ3n) is 2.89. The van der Waals surface area contributed by atoms with Gasteiger partial charge in [0.25, 0.3) is 0 Å². The third kappa shape index (κ3) is 6.26. The van der Waals surface area contributed by atoms with Crippen molar-refractivity contribution >= 4 is 11.8 Å². The van der Waals surface area contributed by atoms with Crippen LogP contribution >= 0.6 is 11.8 Å². The molecule has 1 rings (SSSR count). The molecule has 3 nitrogen and oxygen atoms in total. The SMILES string of the molecule is Cc1c[n+]([O-])ccc1SCCCCCCCCO. The highest BCUT2D eigenvalue weighted by Gasteiger charge is 2.02. The van der Waals surface area contributed by atoms with Crippen molar-refractivity contribution in [2.75, 3.05) is 12.4 Å². The van der Waals surface area contributed by atoms with Crippen LogP contribution in [0, 0.1) is 12.1 Å². The van der Waals surface area contributed by atoms with Crippen LogP contribution in [0.5, 0.6) is 0 Å². The van der Waals surface area contributed by atoms with Crippen molar-refractivity contribution in [1.82, 2.24) is 0 Å². The lowest BCUT2D eigenvalue weighted by Crippen LogP contribution is -2.24. The van der Waals surface area contributed by atoms with E-state index in [4.69, 9.17) is 5.11 Å². The Hall–Kier alpha value is -0.740. The Bertz CT molecular complexity index is 345. The van der Waals surface area contributed by atoms with Crippen LogP contribution in [-0.2, 0) is 0 Å². The summed E-state index contributed by atoms with van der Waals surface area (Å²) in [6.07, 6.45) is 10.2. The molecule has 0 fully saturated rings. The molecule has 0 saturated heterocycles. The zero-order valence-electron chi connectivity index (χ0n) is 11.1. The van der Waals surface area contributed by atoms with Gasteiger partial charge in [0.2, 0.25) is 0 Å². The summed E-state index contributed by atoms with van der Waals surface area (Å²) in [6, 6.07) is 1.90. The number of thioether (sulfide) groups is 1. The maximum Gasteiger partial charge on any atom is 0.184 e. The highest BCUT2D eigenvalue weighted by Crippen LogP contribution is 2.22. The lowest BCUT2D eigenvalue weighted by atomic mass is 10.1. The standard InChI is InChI=1S/C14H23NO2S/c1-13-12-15(17)9-8-14(13)18-11-7-5-3-2-4-6-10-16/h8-9,12,16H,2-7,10-11H2,1H3. The van der Waals surface area contributed by atoms with Crippen LogP contribution in [0.15, 0.2) is 23.4 Å². The quantitative estimate of drug-likeness (QED) is 0.324. The minimum atomic E-state index is 0.322. The van der Waals surface area contributed by atoms with Crippen molar-refractivity contribution in [1.29, 1.82) is 0 Å². The predicted octanol–water partition coefficient (Wildman–Crippen LogP) is 3.05. The topological polar surface area (TPSA) is 47.2 Å². The number of aliphatic hydroxyl groups excluding tert-OH is 1. The molecule has 0 aliphatic rings. The maximum atomic E-state index is 11.0. The average molecular weight is 269 g/mol. The van der Waals surface area contributed by atoms with E-state index < -0.39 is 0 Å². The largest absolute Gasteiger partial charge is 0.619 e. The number of aryl methyl sites for hydroxylation is 1. The summed E-state index contributed by atoms with van der Waals surface area (Å²) in [6.45, 7) is 2.30. The molecule has 1 heterocycles. The van der Waals surface area contributed by atoms with Gasteiger partial charge in [-0.3, -0.25) is 0 Å². The minimum Gasteiger partial charge on any atom is -0.619 e. The van der Waals surface area contributed by atoms with Gasteiger partial charge in [-0.2, -0.15) is 4.73 Å². The van der Waals surface area contributed by atoms with Gasteiger partial charge in [0.15, 0.2) is 12.4 Å². The fraction of sp³-hybridized carbons (Fsp3) is 0.643. The van der Waals surface area contributed by atoms with Gasteiger partial charge in [-0.1, -0.05) is 25.7 Å². The number of aliphatic hydroxyl groups is 1. The predicted molar refractivity (Wildman–Crippen MR) is 75.7 cm³/mol. The molecule has 0 unspecified atom stereocenters. The van der Waals surface area contributed by atoms with Gasteiger partial charge in [-0.05, 0) is 25.5 Å². The van der Waals surface area contributed by atoms with Gasteiger partial charge in [0, 0.05) is 23.1 Å². The molecule has 18 heavy (non-hydrogen) atoms. The smallest absolute Gasteiger partial charge is 0.184 e. The van der Waals surface area contributed by atoms with Crippen LogP contribution < -0.4 is 4.73 Å². The van der Waals surface area contributed by atoms with E-state index >= 15 is 0 Å². The van der Waals surface area contributed by atoms with Gasteiger partial charge in [-0.25, -0.2) is 0 Å². The Labute approximate surface area is 114 Å². The van der Waals surface area contributed by atoms with Crippen molar-refractivity contribution in [2.45, 2.75) is 50.3 Å². The zero-order valence-corrected chi connectivity index (χ0v) is 11.9. The number of rotatable bonds is 9. The van der Waals surface area contributed by atoms with Crippen molar-refractivity contribution in [3.8, 4) is 0 Å². The van der Waals surface area contributed by atoms with Gasteiger partial charge in [0.05, 0.1) is 0 Å². The highest BCUT2D eigenvalue weighted by molar-refractivity contribution is 7.99. The molecule has 102 valence electrons. The Balaban J connectivity index is 2.07. The lowest BCUT2D eigenvalue weighted by molar-refractivity contribution is -0.606. The number of pyridine rings is 1. The molecule has 0 saturated carbocycles. The van der Waals surface area contributed by atoms with Crippen LogP contribution in [-0.4, -0.2) is 17.5 Å². The second-order valence-electron chi connectivity index (χ2n) is 4.55. The second kappa shape index (κ2) is 9.22. The molecule has 0 amide bonds. The molecule has 0 aromatic carbocycles. The van der Waals surface area contributed by atoms with Crippen LogP contribution in [0.25, 0.3) is 0 Å². The zero-order chi connectivity index (χ0) is 13.2. The summed E-state index contributed by atoms with van der Waals surface area (Å²) < 4.78 is 0.848. The maximum absolute atomic E-state index is 11.0. The van der Waals surface area contributed by atoms with E-state index in [1.54, 1.807) is 12.4 Å². The summed E-state index contributed by atoms with van der Waals surface area (Å²) in [5.41, 5.74) is 1.06. The normalized spacial score (nSPS) is 10.8. The van der Waals surface area contributed by atoms with E-state index in [2.05, 4.69) is 0 Å². The molecule has 0 aliphatic heterocycles. The Morgan fingerprint density at radius 1 is 1.17 bits per heavy atom. The fourth-order valence-electron chi connectivity index (χ4n) is 1.84. The summed E-state index contributed by atoms with van der Waals surface area (Å²) >= 11 is 1.83. The molecule has 0 aliphatic carbocycles. The van der Waals surface area contributed by atoms with Crippen molar-refractivity contribution in [2.24, 2.45) is 0 Å². The Morgan fingerprint density at radius 3 is 2.50 bits per heavy atom. The first-order valence-electron chi connectivity index (χ1n) is 6.67. The minimum absolute atomic E-state index is 0.322. The van der Waals surface area contributed by atoms with E-state index in [0.717, 1.165) is 28.9 Å². The van der Waals surface area contributed by atoms with Gasteiger partial charge in [0.1, 0.15) is 0 Å². The molecule has 1 aromatic heterocycles. The molecule has 4 heteroatoms. The van der Waals surface area contributed by atoms with Crippen molar-refractivity contribution < 1.29 is 9.84 Å². The summed E-state index contributed by atoms with van der Waals surface area (Å²) in [5, 5.41) is 19.7. The summed E-state index contributed by atoms with van der Waals surface area (Å²) in [4.78, 5) is 1.21. The number of hydrogen-bond acceptors (Lipinski definition) is 3. The Kier molecular flexibility index (Phi) is 7.85. The Morgan fingerprint density at radius 2 is 1.83 bits per heavy atom. The molecule has 0 spiro atoms. The molecule has 0 bridgehead atoms. The number of unbranched alkanes of at least 4 members (excludes halogenated alkanes) is 5. The molecular weight excluding hydrogens is 246 g/mol. The molecule has 1 N–H and O–H groups in total. The van der Waals surface area contributed by atoms with E-state index in [-0.39, 0.29) is 0 Å². The first kappa shape index (κ1) is 15.3. The average Bonchev–Trinajstić information content (AvgIpc) is 2.35. The fourth-order valence-corrected chi connectivity index (χ4v) is 2.84. The number of hydrogen-bond donors (Lipinski definition) is 1. The highest BCUT2D eigenvalue weighted by atomic mass is 32.2. The summed E-state index contributed by atoms with van der Waals surface area (Å²) in [5.74, 6) is 1.11. The van der Waals surface area contributed by atoms with E-state index in [0.29, 0.717) is 6.61 Å². The van der Waals surface area contributed by atoms with Crippen LogP contribution in [0.2, 0.25) is 0 Å². The molecular formula is C14H23NO2S. The lowest BCUT2D eigenvalue weighted by Gasteiger charge is -2.05. The van der Waals surface area contributed by atoms with Gasteiger partial charge in [-0.15, -0.1) is 11.8 Å². The summed E-state index contributed by atoms with van der Waals surface area (Å²) in [7, 11) is 0. The molecule has 0 radical (unpaired) electrons. The second-order valence-corrected chi connectivity index (χ2v) is 5.68. The van der Waals surface area contributed by atoms with E-state index in [1.807, 2.05) is 24.8 Å². The van der Waals surface area contributed by atoms with Crippen LogP contribution in [0.4, 0.5) is 0 Å². The third-order valence-corrected chi connectivity index (χ3v) is 4.15. The van der Waals surface area contributed by atoms with Crippen molar-refractivity contribution in [3.05, 3.63) is 29.2 Å². The van der Waals surface area contributed by atoms with E-state index in [1.165, 1.54) is 30.6 Å².